The van der Waals surface area contributed by atoms with Gasteiger partial charge in [-0.15, -0.1) is 11.3 Å². The molecular formula is C15H20N2OS2. The Hall–Kier alpha value is -0.750. The second-order valence-corrected chi connectivity index (χ2v) is 7.13. The van der Waals surface area contributed by atoms with Gasteiger partial charge in [0.1, 0.15) is 5.01 Å². The predicted octanol–water partition coefficient (Wildman–Crippen LogP) is 3.61. The largest absolute Gasteiger partial charge is 0.391 e. The predicted molar refractivity (Wildman–Crippen MR) is 85.2 cm³/mol. The van der Waals surface area contributed by atoms with E-state index in [4.69, 9.17) is 4.98 Å². The van der Waals surface area contributed by atoms with Gasteiger partial charge in [0, 0.05) is 28.9 Å². The topological polar surface area (TPSA) is 36.4 Å². The van der Waals surface area contributed by atoms with Crippen LogP contribution in [0.4, 0.5) is 0 Å². The average Bonchev–Trinajstić information content (AvgIpc) is 3.09. The van der Waals surface area contributed by atoms with Crippen LogP contribution in [0, 0.1) is 0 Å². The van der Waals surface area contributed by atoms with Crippen LogP contribution in [-0.4, -0.2) is 34.2 Å². The van der Waals surface area contributed by atoms with Crippen LogP contribution < -0.4 is 0 Å². The molecule has 20 heavy (non-hydrogen) atoms. The van der Waals surface area contributed by atoms with Gasteiger partial charge in [-0.2, -0.15) is 11.3 Å². The van der Waals surface area contributed by atoms with Crippen molar-refractivity contribution in [3.05, 3.63) is 27.9 Å². The molecule has 0 radical (unpaired) electrons. The van der Waals surface area contributed by atoms with Crippen LogP contribution in [0.5, 0.6) is 0 Å². The summed E-state index contributed by atoms with van der Waals surface area (Å²) in [7, 11) is 2.10. The van der Waals surface area contributed by atoms with Crippen molar-refractivity contribution in [3.8, 4) is 10.6 Å². The second-order valence-electron chi connectivity index (χ2n) is 5.49. The molecule has 2 unspecified atom stereocenters. The van der Waals surface area contributed by atoms with E-state index in [-0.39, 0.29) is 12.1 Å². The fraction of sp³-hybridized carbons (Fsp3) is 0.533. The first-order valence-electron chi connectivity index (χ1n) is 7.09. The summed E-state index contributed by atoms with van der Waals surface area (Å²) in [5, 5.41) is 17.6. The molecule has 0 aliphatic heterocycles. The maximum absolute atomic E-state index is 10.1. The molecular weight excluding hydrogens is 288 g/mol. The van der Waals surface area contributed by atoms with Crippen molar-refractivity contribution in [1.29, 1.82) is 0 Å². The van der Waals surface area contributed by atoms with Crippen LogP contribution >= 0.6 is 22.7 Å². The van der Waals surface area contributed by atoms with Crippen LogP contribution in [0.2, 0.25) is 0 Å². The Morgan fingerprint density at radius 2 is 2.20 bits per heavy atom. The van der Waals surface area contributed by atoms with E-state index in [2.05, 4.69) is 34.2 Å². The van der Waals surface area contributed by atoms with E-state index in [1.165, 1.54) is 12.0 Å². The van der Waals surface area contributed by atoms with Gasteiger partial charge >= 0.3 is 0 Å². The number of nitrogens with zero attached hydrogens (tertiary/aromatic N) is 2. The first-order chi connectivity index (χ1) is 9.74. The second kappa shape index (κ2) is 6.35. The van der Waals surface area contributed by atoms with Crippen LogP contribution in [0.1, 0.15) is 31.4 Å². The third-order valence-corrected chi connectivity index (χ3v) is 5.61. The molecule has 108 valence electrons. The Kier molecular flexibility index (Phi) is 4.51. The number of aromatic nitrogens is 1. The summed E-state index contributed by atoms with van der Waals surface area (Å²) < 4.78 is 0. The van der Waals surface area contributed by atoms with Crippen LogP contribution in [0.3, 0.4) is 0 Å². The summed E-state index contributed by atoms with van der Waals surface area (Å²) in [6.07, 6.45) is 4.24. The lowest BCUT2D eigenvalue weighted by atomic mass is 9.91. The molecule has 0 aromatic carbocycles. The highest BCUT2D eigenvalue weighted by atomic mass is 32.1. The molecule has 1 N–H and O–H groups in total. The van der Waals surface area contributed by atoms with Crippen molar-refractivity contribution >= 4 is 22.7 Å². The molecule has 2 atom stereocenters. The van der Waals surface area contributed by atoms with Crippen molar-refractivity contribution in [1.82, 2.24) is 9.88 Å². The highest BCUT2D eigenvalue weighted by Gasteiger charge is 2.26. The Morgan fingerprint density at radius 1 is 1.35 bits per heavy atom. The van der Waals surface area contributed by atoms with Crippen molar-refractivity contribution in [2.24, 2.45) is 0 Å². The van der Waals surface area contributed by atoms with Gasteiger partial charge in [-0.3, -0.25) is 4.90 Å². The molecule has 2 aromatic heterocycles. The Balaban J connectivity index is 1.65. The number of hydrogen-bond donors (Lipinski definition) is 1. The zero-order valence-corrected chi connectivity index (χ0v) is 13.3. The molecule has 1 aliphatic carbocycles. The van der Waals surface area contributed by atoms with Gasteiger partial charge in [0.05, 0.1) is 11.8 Å². The SMILES string of the molecule is CN(Cc1csc(-c2ccsc2)n1)C1CCCCC1O. The van der Waals surface area contributed by atoms with Crippen molar-refractivity contribution in [2.75, 3.05) is 7.05 Å². The summed E-state index contributed by atoms with van der Waals surface area (Å²) in [5.74, 6) is 0. The molecule has 1 aliphatic rings. The van der Waals surface area contributed by atoms with Crippen LogP contribution in [-0.2, 0) is 6.54 Å². The molecule has 1 fully saturated rings. The number of likely N-dealkylation sites (N-methyl/N-ethyl adjacent to an activating group) is 1. The standard InChI is InChI=1S/C15H20N2OS2/c1-17(13-4-2-3-5-14(13)18)8-12-10-20-15(16-12)11-6-7-19-9-11/h6-7,9-10,13-14,18H,2-5,8H2,1H3. The maximum Gasteiger partial charge on any atom is 0.124 e. The zero-order valence-electron chi connectivity index (χ0n) is 11.7. The maximum atomic E-state index is 10.1. The molecule has 2 aromatic rings. The van der Waals surface area contributed by atoms with Gasteiger partial charge in [0.15, 0.2) is 0 Å². The van der Waals surface area contributed by atoms with Gasteiger partial charge in [-0.25, -0.2) is 4.98 Å². The number of aliphatic hydroxyl groups excluding tert-OH is 1. The van der Waals surface area contributed by atoms with Gasteiger partial charge in [-0.05, 0) is 31.3 Å². The number of thiazole rings is 1. The third kappa shape index (κ3) is 3.11. The minimum absolute atomic E-state index is 0.177. The van der Waals surface area contributed by atoms with E-state index in [0.29, 0.717) is 0 Å². The summed E-state index contributed by atoms with van der Waals surface area (Å²) in [6, 6.07) is 2.40. The molecule has 0 bridgehead atoms. The molecule has 3 rings (SSSR count). The van der Waals surface area contributed by atoms with Crippen molar-refractivity contribution in [2.45, 2.75) is 44.4 Å². The Morgan fingerprint density at radius 3 is 2.95 bits per heavy atom. The number of aliphatic hydroxyl groups is 1. The fourth-order valence-electron chi connectivity index (χ4n) is 2.88. The first kappa shape index (κ1) is 14.2. The van der Waals surface area contributed by atoms with Crippen molar-refractivity contribution in [3.63, 3.8) is 0 Å². The smallest absolute Gasteiger partial charge is 0.124 e. The Labute approximate surface area is 127 Å². The molecule has 3 nitrogen and oxygen atoms in total. The van der Waals surface area contributed by atoms with E-state index < -0.39 is 0 Å². The quantitative estimate of drug-likeness (QED) is 0.937. The number of thiophene rings is 1. The molecule has 2 heterocycles. The van der Waals surface area contributed by atoms with E-state index in [1.807, 2.05) is 0 Å². The van der Waals surface area contributed by atoms with Gasteiger partial charge in [0.25, 0.3) is 0 Å². The minimum Gasteiger partial charge on any atom is -0.391 e. The summed E-state index contributed by atoms with van der Waals surface area (Å²) in [4.78, 5) is 6.97. The van der Waals surface area contributed by atoms with Crippen LogP contribution in [0.15, 0.2) is 22.2 Å². The lowest BCUT2D eigenvalue weighted by Gasteiger charge is -2.34. The first-order valence-corrected chi connectivity index (χ1v) is 8.91. The highest BCUT2D eigenvalue weighted by Crippen LogP contribution is 2.27. The van der Waals surface area contributed by atoms with Crippen LogP contribution in [0.25, 0.3) is 10.6 Å². The van der Waals surface area contributed by atoms with E-state index in [9.17, 15) is 5.11 Å². The lowest BCUT2D eigenvalue weighted by Crippen LogP contribution is -2.42. The normalized spacial score (nSPS) is 23.4. The van der Waals surface area contributed by atoms with Crippen molar-refractivity contribution < 1.29 is 5.11 Å². The minimum atomic E-state index is -0.177. The third-order valence-electron chi connectivity index (χ3n) is 3.99. The number of rotatable bonds is 4. The fourth-order valence-corrected chi connectivity index (χ4v) is 4.40. The lowest BCUT2D eigenvalue weighted by molar-refractivity contribution is 0.0284. The monoisotopic (exact) mass is 308 g/mol. The van der Waals surface area contributed by atoms with Gasteiger partial charge < -0.3 is 5.11 Å². The molecule has 5 heteroatoms. The Bertz CT molecular complexity index is 538. The van der Waals surface area contributed by atoms with E-state index in [0.717, 1.165) is 36.5 Å². The average molecular weight is 308 g/mol. The molecule has 0 saturated heterocycles. The summed E-state index contributed by atoms with van der Waals surface area (Å²) in [5.41, 5.74) is 2.32. The van der Waals surface area contributed by atoms with E-state index in [1.54, 1.807) is 22.7 Å². The molecule has 0 amide bonds. The molecule has 1 saturated carbocycles. The summed E-state index contributed by atoms with van der Waals surface area (Å²) in [6.45, 7) is 0.822. The van der Waals surface area contributed by atoms with E-state index >= 15 is 0 Å². The number of hydrogen-bond acceptors (Lipinski definition) is 5. The van der Waals surface area contributed by atoms with Gasteiger partial charge in [-0.1, -0.05) is 12.8 Å². The zero-order chi connectivity index (χ0) is 13.9. The highest BCUT2D eigenvalue weighted by molar-refractivity contribution is 7.14. The van der Waals surface area contributed by atoms with Gasteiger partial charge in [0.2, 0.25) is 0 Å². The molecule has 0 spiro atoms. The summed E-state index contributed by atoms with van der Waals surface area (Å²) >= 11 is 3.41.